The Labute approximate surface area is 201 Å². The number of aromatic nitrogens is 5. The van der Waals surface area contributed by atoms with E-state index in [4.69, 9.17) is 9.97 Å². The zero-order valence-electron chi connectivity index (χ0n) is 21.1. The number of benzene rings is 1. The number of fused-ring (bicyclic) bond motifs is 1. The third-order valence-corrected chi connectivity index (χ3v) is 7.20. The molecular weight excluding hydrogens is 422 g/mol. The van der Waals surface area contributed by atoms with Crippen molar-refractivity contribution in [1.82, 2.24) is 29.6 Å². The van der Waals surface area contributed by atoms with Crippen molar-refractivity contribution >= 4 is 16.9 Å². The minimum Gasteiger partial charge on any atom is -0.369 e. The van der Waals surface area contributed by atoms with Gasteiger partial charge >= 0.3 is 0 Å². The van der Waals surface area contributed by atoms with Gasteiger partial charge in [0, 0.05) is 59.4 Å². The SMILES string of the molecule is CC(c1cc(-c2cnc3[nH]cc(-c4cnn(C(C)C)c4)c3n2)cc(N2CCC[C@H]2C)c1)N(C)C. The van der Waals surface area contributed by atoms with Crippen LogP contribution in [0.2, 0.25) is 0 Å². The van der Waals surface area contributed by atoms with Crippen LogP contribution in [0.4, 0.5) is 5.69 Å². The lowest BCUT2D eigenvalue weighted by molar-refractivity contribution is 0.321. The minimum atomic E-state index is 0.304. The molecule has 34 heavy (non-hydrogen) atoms. The van der Waals surface area contributed by atoms with Gasteiger partial charge in [-0.15, -0.1) is 0 Å². The second kappa shape index (κ2) is 8.87. The highest BCUT2D eigenvalue weighted by Gasteiger charge is 2.23. The first-order valence-electron chi connectivity index (χ1n) is 12.3. The first-order chi connectivity index (χ1) is 16.3. The Balaban J connectivity index is 1.61. The summed E-state index contributed by atoms with van der Waals surface area (Å²) >= 11 is 0. The number of rotatable bonds is 6. The molecule has 0 spiro atoms. The average molecular weight is 458 g/mol. The predicted molar refractivity (Wildman–Crippen MR) is 139 cm³/mol. The van der Waals surface area contributed by atoms with Crippen LogP contribution in [-0.2, 0) is 0 Å². The third-order valence-electron chi connectivity index (χ3n) is 7.20. The molecule has 3 aromatic heterocycles. The van der Waals surface area contributed by atoms with E-state index in [9.17, 15) is 0 Å². The molecule has 4 aromatic rings. The van der Waals surface area contributed by atoms with Gasteiger partial charge in [-0.05, 0) is 78.4 Å². The van der Waals surface area contributed by atoms with Crippen molar-refractivity contribution in [1.29, 1.82) is 0 Å². The van der Waals surface area contributed by atoms with Crippen LogP contribution in [0.5, 0.6) is 0 Å². The van der Waals surface area contributed by atoms with E-state index in [-0.39, 0.29) is 0 Å². The fourth-order valence-electron chi connectivity index (χ4n) is 4.81. The average Bonchev–Trinajstić information content (AvgIpc) is 3.56. The highest BCUT2D eigenvalue weighted by Crippen LogP contribution is 2.35. The standard InChI is InChI=1S/C27H35N7/c1-17(2)34-16-22(13-30-34)24-14-28-27-26(24)31-25(15-29-27)21-10-20(19(4)32(5)6)11-23(12-21)33-9-7-8-18(33)3/h10-19H,7-9H2,1-6H3,(H,28,29)/t18-,19?/m1/s1. The fourth-order valence-corrected chi connectivity index (χ4v) is 4.81. The van der Waals surface area contributed by atoms with Gasteiger partial charge in [-0.1, -0.05) is 0 Å². The van der Waals surface area contributed by atoms with Gasteiger partial charge in [-0.3, -0.25) is 4.68 Å². The van der Waals surface area contributed by atoms with Gasteiger partial charge in [0.05, 0.1) is 18.1 Å². The Morgan fingerprint density at radius 3 is 2.59 bits per heavy atom. The minimum absolute atomic E-state index is 0.304. The molecule has 2 atom stereocenters. The van der Waals surface area contributed by atoms with E-state index in [1.165, 1.54) is 24.1 Å². The van der Waals surface area contributed by atoms with Crippen molar-refractivity contribution in [2.75, 3.05) is 25.5 Å². The summed E-state index contributed by atoms with van der Waals surface area (Å²) < 4.78 is 1.97. The lowest BCUT2D eigenvalue weighted by atomic mass is 10.0. The highest BCUT2D eigenvalue weighted by molar-refractivity contribution is 5.91. The van der Waals surface area contributed by atoms with Crippen LogP contribution in [-0.4, -0.2) is 56.3 Å². The van der Waals surface area contributed by atoms with Crippen molar-refractivity contribution in [3.63, 3.8) is 0 Å². The van der Waals surface area contributed by atoms with Crippen molar-refractivity contribution in [2.45, 2.75) is 58.7 Å². The highest BCUT2D eigenvalue weighted by atomic mass is 15.3. The Hall–Kier alpha value is -3.19. The first kappa shape index (κ1) is 22.6. The molecule has 0 bridgehead atoms. The van der Waals surface area contributed by atoms with E-state index < -0.39 is 0 Å². The van der Waals surface area contributed by atoms with Crippen LogP contribution < -0.4 is 4.90 Å². The summed E-state index contributed by atoms with van der Waals surface area (Å²) in [4.78, 5) is 17.9. The number of aromatic amines is 1. The maximum Gasteiger partial charge on any atom is 0.156 e. The van der Waals surface area contributed by atoms with Crippen LogP contribution in [0.25, 0.3) is 33.5 Å². The van der Waals surface area contributed by atoms with Gasteiger partial charge in [-0.25, -0.2) is 9.97 Å². The second-order valence-electron chi connectivity index (χ2n) is 10.1. The number of anilines is 1. The van der Waals surface area contributed by atoms with Crippen molar-refractivity contribution in [3.05, 3.63) is 48.5 Å². The molecule has 0 radical (unpaired) electrons. The van der Waals surface area contributed by atoms with Crippen molar-refractivity contribution in [2.24, 2.45) is 0 Å². The quantitative estimate of drug-likeness (QED) is 0.403. The molecule has 1 aromatic carbocycles. The van der Waals surface area contributed by atoms with E-state index in [1.54, 1.807) is 0 Å². The summed E-state index contributed by atoms with van der Waals surface area (Å²) in [6.07, 6.45) is 10.3. The zero-order valence-corrected chi connectivity index (χ0v) is 21.1. The summed E-state index contributed by atoms with van der Waals surface area (Å²) in [5.74, 6) is 0. The van der Waals surface area contributed by atoms with Crippen molar-refractivity contribution in [3.8, 4) is 22.4 Å². The molecular formula is C27H35N7. The molecule has 1 unspecified atom stereocenters. The van der Waals surface area contributed by atoms with E-state index >= 15 is 0 Å². The van der Waals surface area contributed by atoms with Crippen LogP contribution in [0, 0.1) is 0 Å². The summed E-state index contributed by atoms with van der Waals surface area (Å²) in [6, 6.07) is 8.08. The normalized spacial score (nSPS) is 17.4. The van der Waals surface area contributed by atoms with Gasteiger partial charge in [-0.2, -0.15) is 5.10 Å². The Morgan fingerprint density at radius 1 is 1.09 bits per heavy atom. The molecule has 1 N–H and O–H groups in total. The van der Waals surface area contributed by atoms with E-state index in [0.29, 0.717) is 18.1 Å². The monoisotopic (exact) mass is 457 g/mol. The number of nitrogens with one attached hydrogen (secondary N) is 1. The van der Waals surface area contributed by atoms with Crippen LogP contribution in [0.3, 0.4) is 0 Å². The maximum atomic E-state index is 5.11. The lowest BCUT2D eigenvalue weighted by Gasteiger charge is -2.27. The Kier molecular flexibility index (Phi) is 5.90. The van der Waals surface area contributed by atoms with Crippen LogP contribution in [0.1, 0.15) is 58.2 Å². The Morgan fingerprint density at radius 2 is 1.91 bits per heavy atom. The Bertz CT molecular complexity index is 1300. The topological polar surface area (TPSA) is 65.9 Å². The third kappa shape index (κ3) is 4.09. The van der Waals surface area contributed by atoms with Crippen molar-refractivity contribution < 1.29 is 0 Å². The number of H-pyrrole nitrogens is 1. The molecule has 7 heteroatoms. The molecule has 178 valence electrons. The van der Waals surface area contributed by atoms with Gasteiger partial charge in [0.2, 0.25) is 0 Å². The van der Waals surface area contributed by atoms with Crippen LogP contribution in [0.15, 0.2) is 43.0 Å². The molecule has 0 aliphatic carbocycles. The van der Waals surface area contributed by atoms with E-state index in [1.807, 2.05) is 23.3 Å². The molecule has 0 amide bonds. The zero-order chi connectivity index (χ0) is 24.0. The molecule has 0 saturated carbocycles. The summed E-state index contributed by atoms with van der Waals surface area (Å²) in [5.41, 5.74) is 8.33. The van der Waals surface area contributed by atoms with Gasteiger partial charge in [0.1, 0.15) is 5.52 Å². The largest absolute Gasteiger partial charge is 0.369 e. The molecule has 7 nitrogen and oxygen atoms in total. The summed E-state index contributed by atoms with van der Waals surface area (Å²) in [7, 11) is 4.26. The number of hydrogen-bond donors (Lipinski definition) is 1. The number of hydrogen-bond acceptors (Lipinski definition) is 5. The molecule has 1 aliphatic rings. The first-order valence-corrected chi connectivity index (χ1v) is 12.3. The van der Waals surface area contributed by atoms with Gasteiger partial charge < -0.3 is 14.8 Å². The molecule has 1 fully saturated rings. The van der Waals surface area contributed by atoms with Gasteiger partial charge in [0.25, 0.3) is 0 Å². The molecule has 4 heterocycles. The lowest BCUT2D eigenvalue weighted by Crippen LogP contribution is -2.26. The second-order valence-corrected chi connectivity index (χ2v) is 10.1. The van der Waals surface area contributed by atoms with E-state index in [2.05, 4.69) is 86.1 Å². The maximum absolute atomic E-state index is 5.11. The van der Waals surface area contributed by atoms with Gasteiger partial charge in [0.15, 0.2) is 5.65 Å². The van der Waals surface area contributed by atoms with Crippen LogP contribution >= 0.6 is 0 Å². The summed E-state index contributed by atoms with van der Waals surface area (Å²) in [6.45, 7) is 9.94. The molecule has 1 aliphatic heterocycles. The molecule has 1 saturated heterocycles. The summed E-state index contributed by atoms with van der Waals surface area (Å²) in [5, 5.41) is 4.51. The fraction of sp³-hybridized carbons (Fsp3) is 0.444. The number of nitrogens with zero attached hydrogens (tertiary/aromatic N) is 6. The molecule has 5 rings (SSSR count). The van der Waals surface area contributed by atoms with E-state index in [0.717, 1.165) is 40.1 Å². The predicted octanol–water partition coefficient (Wildman–Crippen LogP) is 5.68. The smallest absolute Gasteiger partial charge is 0.156 e.